The SMILES string of the molecule is Cc1cc(Nc2cnn(C(C)C)c2)c([N+](=O)[O-])cc1F. The minimum atomic E-state index is -0.613. The van der Waals surface area contributed by atoms with Gasteiger partial charge in [0.15, 0.2) is 0 Å². The molecule has 0 saturated heterocycles. The van der Waals surface area contributed by atoms with E-state index in [1.807, 2.05) is 13.8 Å². The highest BCUT2D eigenvalue weighted by Gasteiger charge is 2.17. The largest absolute Gasteiger partial charge is 0.347 e. The van der Waals surface area contributed by atoms with Crippen molar-refractivity contribution in [3.63, 3.8) is 0 Å². The Balaban J connectivity index is 2.36. The summed E-state index contributed by atoms with van der Waals surface area (Å²) in [5.74, 6) is -0.597. The Kier molecular flexibility index (Phi) is 3.69. The molecule has 0 unspecified atom stereocenters. The molecule has 2 aromatic rings. The Morgan fingerprint density at radius 1 is 1.45 bits per heavy atom. The average Bonchev–Trinajstić information content (AvgIpc) is 2.82. The van der Waals surface area contributed by atoms with Gasteiger partial charge in [-0.2, -0.15) is 5.10 Å². The van der Waals surface area contributed by atoms with Crippen molar-refractivity contribution < 1.29 is 9.31 Å². The second-order valence-electron chi connectivity index (χ2n) is 4.80. The number of halogens is 1. The second kappa shape index (κ2) is 5.28. The van der Waals surface area contributed by atoms with Crippen LogP contribution in [-0.2, 0) is 0 Å². The van der Waals surface area contributed by atoms with Gasteiger partial charge in [0.2, 0.25) is 0 Å². The van der Waals surface area contributed by atoms with Crippen LogP contribution in [-0.4, -0.2) is 14.7 Å². The molecule has 0 amide bonds. The van der Waals surface area contributed by atoms with Crippen molar-refractivity contribution >= 4 is 17.1 Å². The van der Waals surface area contributed by atoms with E-state index in [0.29, 0.717) is 11.3 Å². The maximum absolute atomic E-state index is 13.4. The highest BCUT2D eigenvalue weighted by molar-refractivity contribution is 5.69. The van der Waals surface area contributed by atoms with Gasteiger partial charge in [-0.05, 0) is 32.4 Å². The second-order valence-corrected chi connectivity index (χ2v) is 4.80. The molecule has 0 aliphatic rings. The molecule has 7 heteroatoms. The van der Waals surface area contributed by atoms with Crippen molar-refractivity contribution in [2.24, 2.45) is 0 Å². The third-order valence-electron chi connectivity index (χ3n) is 2.88. The van der Waals surface area contributed by atoms with Gasteiger partial charge < -0.3 is 5.32 Å². The van der Waals surface area contributed by atoms with E-state index in [-0.39, 0.29) is 17.4 Å². The zero-order chi connectivity index (χ0) is 14.9. The van der Waals surface area contributed by atoms with Crippen LogP contribution < -0.4 is 5.32 Å². The fourth-order valence-corrected chi connectivity index (χ4v) is 1.76. The minimum Gasteiger partial charge on any atom is -0.347 e. The Morgan fingerprint density at radius 3 is 2.70 bits per heavy atom. The molecule has 6 nitrogen and oxygen atoms in total. The molecular weight excluding hydrogens is 263 g/mol. The molecule has 2 rings (SSSR count). The topological polar surface area (TPSA) is 73.0 Å². The summed E-state index contributed by atoms with van der Waals surface area (Å²) < 4.78 is 15.1. The average molecular weight is 278 g/mol. The predicted octanol–water partition coefficient (Wildman–Crippen LogP) is 3.56. The van der Waals surface area contributed by atoms with Crippen molar-refractivity contribution in [1.82, 2.24) is 9.78 Å². The first kappa shape index (κ1) is 14.0. The van der Waals surface area contributed by atoms with Gasteiger partial charge >= 0.3 is 0 Å². The normalized spacial score (nSPS) is 10.8. The molecule has 0 saturated carbocycles. The van der Waals surface area contributed by atoms with Crippen LogP contribution in [0.25, 0.3) is 0 Å². The van der Waals surface area contributed by atoms with E-state index in [1.54, 1.807) is 24.0 Å². The standard InChI is InChI=1S/C13H15FN4O2/c1-8(2)17-7-10(6-15-17)16-12-4-9(3)11(14)5-13(12)18(19)20/h4-8,16H,1-3H3. The van der Waals surface area contributed by atoms with E-state index < -0.39 is 10.7 Å². The van der Waals surface area contributed by atoms with Gasteiger partial charge in [0.05, 0.1) is 22.9 Å². The van der Waals surface area contributed by atoms with Gasteiger partial charge in [0.1, 0.15) is 11.5 Å². The van der Waals surface area contributed by atoms with Crippen molar-refractivity contribution in [3.8, 4) is 0 Å². The number of nitro groups is 1. The van der Waals surface area contributed by atoms with Gasteiger partial charge in [0.25, 0.3) is 5.69 Å². The lowest BCUT2D eigenvalue weighted by Crippen LogP contribution is -2.00. The zero-order valence-corrected chi connectivity index (χ0v) is 11.4. The van der Waals surface area contributed by atoms with Crippen LogP contribution in [0.1, 0.15) is 25.5 Å². The minimum absolute atomic E-state index is 0.190. The van der Waals surface area contributed by atoms with E-state index in [4.69, 9.17) is 0 Å². The molecule has 1 heterocycles. The molecule has 0 bridgehead atoms. The fraction of sp³-hybridized carbons (Fsp3) is 0.308. The number of hydrogen-bond donors (Lipinski definition) is 1. The van der Waals surface area contributed by atoms with E-state index in [2.05, 4.69) is 10.4 Å². The van der Waals surface area contributed by atoms with Crippen LogP contribution in [0.2, 0.25) is 0 Å². The molecule has 1 aromatic carbocycles. The van der Waals surface area contributed by atoms with Crippen LogP contribution in [0, 0.1) is 22.9 Å². The Morgan fingerprint density at radius 2 is 2.15 bits per heavy atom. The Labute approximate surface area is 115 Å². The molecule has 0 fully saturated rings. The summed E-state index contributed by atoms with van der Waals surface area (Å²) in [7, 11) is 0. The first-order chi connectivity index (χ1) is 9.38. The predicted molar refractivity (Wildman–Crippen MR) is 73.7 cm³/mol. The molecular formula is C13H15FN4O2. The van der Waals surface area contributed by atoms with Crippen LogP contribution in [0.5, 0.6) is 0 Å². The number of aromatic nitrogens is 2. The third kappa shape index (κ3) is 2.76. The summed E-state index contributed by atoms with van der Waals surface area (Å²) in [5, 5.41) is 18.0. The van der Waals surface area contributed by atoms with Crippen LogP contribution in [0.3, 0.4) is 0 Å². The van der Waals surface area contributed by atoms with E-state index in [1.165, 1.54) is 6.07 Å². The molecule has 20 heavy (non-hydrogen) atoms. The fourth-order valence-electron chi connectivity index (χ4n) is 1.76. The monoisotopic (exact) mass is 278 g/mol. The maximum Gasteiger partial charge on any atom is 0.295 e. The lowest BCUT2D eigenvalue weighted by molar-refractivity contribution is -0.384. The number of aryl methyl sites for hydroxylation is 1. The van der Waals surface area contributed by atoms with Gasteiger partial charge in [-0.1, -0.05) is 0 Å². The van der Waals surface area contributed by atoms with Gasteiger partial charge in [-0.25, -0.2) is 4.39 Å². The number of benzene rings is 1. The lowest BCUT2D eigenvalue weighted by atomic mass is 10.1. The summed E-state index contributed by atoms with van der Waals surface area (Å²) in [6.07, 6.45) is 3.31. The molecule has 1 aromatic heterocycles. The van der Waals surface area contributed by atoms with Crippen molar-refractivity contribution in [2.75, 3.05) is 5.32 Å². The summed E-state index contributed by atoms with van der Waals surface area (Å²) in [6.45, 7) is 5.50. The smallest absolute Gasteiger partial charge is 0.295 e. The molecule has 0 aliphatic carbocycles. The summed E-state index contributed by atoms with van der Waals surface area (Å²) in [4.78, 5) is 10.4. The van der Waals surface area contributed by atoms with E-state index >= 15 is 0 Å². The van der Waals surface area contributed by atoms with E-state index in [0.717, 1.165) is 6.07 Å². The highest BCUT2D eigenvalue weighted by atomic mass is 19.1. The number of hydrogen-bond acceptors (Lipinski definition) is 4. The van der Waals surface area contributed by atoms with Crippen LogP contribution >= 0.6 is 0 Å². The van der Waals surface area contributed by atoms with E-state index in [9.17, 15) is 14.5 Å². The van der Waals surface area contributed by atoms with Crippen LogP contribution in [0.15, 0.2) is 24.5 Å². The first-order valence-electron chi connectivity index (χ1n) is 6.14. The highest BCUT2D eigenvalue weighted by Crippen LogP contribution is 2.30. The van der Waals surface area contributed by atoms with Gasteiger partial charge in [-0.3, -0.25) is 14.8 Å². The Bertz CT molecular complexity index is 652. The number of nitrogens with one attached hydrogen (secondary N) is 1. The number of rotatable bonds is 4. The van der Waals surface area contributed by atoms with Crippen molar-refractivity contribution in [3.05, 3.63) is 46.0 Å². The quantitative estimate of drug-likeness (QED) is 0.685. The third-order valence-corrected chi connectivity index (χ3v) is 2.88. The molecule has 0 atom stereocenters. The number of nitro benzene ring substituents is 1. The zero-order valence-electron chi connectivity index (χ0n) is 11.4. The maximum atomic E-state index is 13.4. The van der Waals surface area contributed by atoms with Gasteiger partial charge in [-0.15, -0.1) is 0 Å². The molecule has 0 aliphatic heterocycles. The molecule has 106 valence electrons. The lowest BCUT2D eigenvalue weighted by Gasteiger charge is -2.07. The Hall–Kier alpha value is -2.44. The molecule has 1 N–H and O–H groups in total. The summed E-state index contributed by atoms with van der Waals surface area (Å²) in [5.41, 5.74) is 0.907. The molecule has 0 spiro atoms. The number of anilines is 2. The van der Waals surface area contributed by atoms with Gasteiger partial charge in [0, 0.05) is 12.2 Å². The molecule has 0 radical (unpaired) electrons. The summed E-state index contributed by atoms with van der Waals surface area (Å²) in [6, 6.07) is 2.53. The van der Waals surface area contributed by atoms with Crippen LogP contribution in [0.4, 0.5) is 21.5 Å². The first-order valence-corrected chi connectivity index (χ1v) is 6.14. The van der Waals surface area contributed by atoms with Crippen molar-refractivity contribution in [1.29, 1.82) is 0 Å². The number of nitrogens with zero attached hydrogens (tertiary/aromatic N) is 3. The van der Waals surface area contributed by atoms with Crippen molar-refractivity contribution in [2.45, 2.75) is 26.8 Å². The summed E-state index contributed by atoms with van der Waals surface area (Å²) >= 11 is 0.